The molecule has 1 unspecified atom stereocenters. The van der Waals surface area contributed by atoms with Crippen LogP contribution in [0.5, 0.6) is 0 Å². The van der Waals surface area contributed by atoms with Crippen molar-refractivity contribution in [1.82, 2.24) is 9.62 Å². The highest BCUT2D eigenvalue weighted by molar-refractivity contribution is 7.89. The summed E-state index contributed by atoms with van der Waals surface area (Å²) in [4.78, 5) is 13.3. The van der Waals surface area contributed by atoms with Gasteiger partial charge in [-0.1, -0.05) is 18.2 Å². The number of nitrogens with zero attached hydrogens (tertiary/aromatic N) is 1. The fraction of sp³-hybridized carbons (Fsp3) is 0.227. The predicted octanol–water partition coefficient (Wildman–Crippen LogP) is 4.33. The lowest BCUT2D eigenvalue weighted by Crippen LogP contribution is -2.31. The van der Waals surface area contributed by atoms with Crippen LogP contribution in [0.1, 0.15) is 39.7 Å². The molecule has 4 rings (SSSR count). The van der Waals surface area contributed by atoms with Crippen LogP contribution < -0.4 is 5.32 Å². The molecule has 1 fully saturated rings. The molecule has 0 radical (unpaired) electrons. The Balaban J connectivity index is 1.65. The van der Waals surface area contributed by atoms with E-state index in [4.69, 9.17) is 0 Å². The van der Waals surface area contributed by atoms with Crippen molar-refractivity contribution in [1.29, 1.82) is 0 Å². The highest BCUT2D eigenvalue weighted by Gasteiger charge is 2.30. The Morgan fingerprint density at radius 2 is 1.74 bits per heavy atom. The number of carbonyl (C=O) groups excluding carboxylic acids is 1. The Bertz CT molecular complexity index is 1170. The molecule has 9 heteroatoms. The van der Waals surface area contributed by atoms with Crippen molar-refractivity contribution in [3.8, 4) is 0 Å². The highest BCUT2D eigenvalue weighted by Crippen LogP contribution is 2.28. The molecule has 5 nitrogen and oxygen atoms in total. The standard InChI is InChI=1S/C22H20F2N2O3S2/c23-17-8-5-15(6-9-17)21(19-4-3-13-30-19)25-22(27)16-7-10-18(24)20(14-16)31(28,29)26-11-1-2-12-26/h3-10,13-14,21H,1-2,11-12H2,(H,25,27). The second-order valence-electron chi connectivity index (χ2n) is 7.23. The summed E-state index contributed by atoms with van der Waals surface area (Å²) in [5.74, 6) is -1.84. The van der Waals surface area contributed by atoms with E-state index in [0.29, 0.717) is 18.7 Å². The Kier molecular flexibility index (Phi) is 6.17. The first-order valence-electron chi connectivity index (χ1n) is 9.76. The van der Waals surface area contributed by atoms with Crippen LogP contribution in [0.4, 0.5) is 8.78 Å². The molecule has 1 N–H and O–H groups in total. The first-order chi connectivity index (χ1) is 14.9. The molecule has 0 saturated carbocycles. The SMILES string of the molecule is O=C(NC(c1ccc(F)cc1)c1cccs1)c1ccc(F)c(S(=O)(=O)N2CCCC2)c1. The van der Waals surface area contributed by atoms with Crippen molar-refractivity contribution >= 4 is 27.3 Å². The van der Waals surface area contributed by atoms with Gasteiger partial charge in [-0.2, -0.15) is 4.31 Å². The number of thiophene rings is 1. The molecule has 1 aliphatic heterocycles. The molecular weight excluding hydrogens is 442 g/mol. The van der Waals surface area contributed by atoms with Gasteiger partial charge in [-0.3, -0.25) is 4.79 Å². The molecule has 1 atom stereocenters. The Labute approximate surface area is 183 Å². The van der Waals surface area contributed by atoms with Crippen LogP contribution in [0.3, 0.4) is 0 Å². The van der Waals surface area contributed by atoms with E-state index in [-0.39, 0.29) is 5.56 Å². The smallest absolute Gasteiger partial charge is 0.252 e. The van der Waals surface area contributed by atoms with Gasteiger partial charge < -0.3 is 5.32 Å². The maximum absolute atomic E-state index is 14.4. The second-order valence-corrected chi connectivity index (χ2v) is 10.1. The van der Waals surface area contributed by atoms with Gasteiger partial charge in [-0.05, 0) is 60.2 Å². The van der Waals surface area contributed by atoms with Gasteiger partial charge in [0, 0.05) is 23.5 Å². The van der Waals surface area contributed by atoms with E-state index < -0.39 is 38.5 Å². The quantitative estimate of drug-likeness (QED) is 0.593. The van der Waals surface area contributed by atoms with E-state index in [2.05, 4.69) is 5.32 Å². The molecule has 2 aromatic carbocycles. The molecular formula is C22H20F2N2O3S2. The van der Waals surface area contributed by atoms with Crippen molar-refractivity contribution in [2.45, 2.75) is 23.8 Å². The molecule has 2 heterocycles. The average molecular weight is 463 g/mol. The van der Waals surface area contributed by atoms with Gasteiger partial charge in [0.1, 0.15) is 16.5 Å². The summed E-state index contributed by atoms with van der Waals surface area (Å²) in [5.41, 5.74) is 0.701. The summed E-state index contributed by atoms with van der Waals surface area (Å²) in [6.07, 6.45) is 1.45. The van der Waals surface area contributed by atoms with Crippen molar-refractivity contribution in [2.75, 3.05) is 13.1 Å². The van der Waals surface area contributed by atoms with Gasteiger partial charge in [0.15, 0.2) is 0 Å². The molecule has 1 aliphatic rings. The van der Waals surface area contributed by atoms with Crippen molar-refractivity contribution in [3.05, 3.63) is 87.6 Å². The maximum Gasteiger partial charge on any atom is 0.252 e. The monoisotopic (exact) mass is 462 g/mol. The summed E-state index contributed by atoms with van der Waals surface area (Å²) in [6, 6.07) is 12.2. The molecule has 0 spiro atoms. The summed E-state index contributed by atoms with van der Waals surface area (Å²) in [5, 5.41) is 4.72. The van der Waals surface area contributed by atoms with Gasteiger partial charge >= 0.3 is 0 Å². The average Bonchev–Trinajstić information content (AvgIpc) is 3.47. The third-order valence-electron chi connectivity index (χ3n) is 5.18. The Morgan fingerprint density at radius 1 is 1.03 bits per heavy atom. The third kappa shape index (κ3) is 4.53. The van der Waals surface area contributed by atoms with E-state index in [9.17, 15) is 22.0 Å². The molecule has 0 aliphatic carbocycles. The number of amides is 1. The molecule has 162 valence electrons. The molecule has 1 saturated heterocycles. The predicted molar refractivity (Wildman–Crippen MR) is 114 cm³/mol. The van der Waals surface area contributed by atoms with Crippen LogP contribution in [-0.2, 0) is 10.0 Å². The largest absolute Gasteiger partial charge is 0.340 e. The zero-order valence-corrected chi connectivity index (χ0v) is 18.1. The minimum atomic E-state index is -4.02. The molecule has 31 heavy (non-hydrogen) atoms. The Hall–Kier alpha value is -2.62. The number of hydrogen-bond acceptors (Lipinski definition) is 4. The summed E-state index contributed by atoms with van der Waals surface area (Å²) in [6.45, 7) is 0.673. The zero-order chi connectivity index (χ0) is 22.0. The number of sulfonamides is 1. The summed E-state index contributed by atoms with van der Waals surface area (Å²) in [7, 11) is -4.02. The van der Waals surface area contributed by atoms with Crippen LogP contribution in [0.15, 0.2) is 64.9 Å². The lowest BCUT2D eigenvalue weighted by atomic mass is 10.0. The van der Waals surface area contributed by atoms with Crippen molar-refractivity contribution < 1.29 is 22.0 Å². The fourth-order valence-electron chi connectivity index (χ4n) is 3.55. The van der Waals surface area contributed by atoms with Crippen LogP contribution in [0, 0.1) is 11.6 Å². The van der Waals surface area contributed by atoms with Gasteiger partial charge in [-0.15, -0.1) is 11.3 Å². The van der Waals surface area contributed by atoms with E-state index >= 15 is 0 Å². The Morgan fingerprint density at radius 3 is 2.39 bits per heavy atom. The number of carbonyl (C=O) groups is 1. The maximum atomic E-state index is 14.4. The third-order valence-corrected chi connectivity index (χ3v) is 8.03. The first-order valence-corrected chi connectivity index (χ1v) is 12.1. The van der Waals surface area contributed by atoms with Crippen molar-refractivity contribution in [3.63, 3.8) is 0 Å². The van der Waals surface area contributed by atoms with Crippen molar-refractivity contribution in [2.24, 2.45) is 0 Å². The van der Waals surface area contributed by atoms with Crippen LogP contribution in [-0.4, -0.2) is 31.7 Å². The van der Waals surface area contributed by atoms with Gasteiger partial charge in [0.25, 0.3) is 5.91 Å². The summed E-state index contributed by atoms with van der Waals surface area (Å²) < 4.78 is 54.6. The minimum absolute atomic E-state index is 0.0304. The van der Waals surface area contributed by atoms with Gasteiger partial charge in [0.2, 0.25) is 10.0 Å². The van der Waals surface area contributed by atoms with Crippen LogP contribution in [0.2, 0.25) is 0 Å². The lowest BCUT2D eigenvalue weighted by molar-refractivity contribution is 0.0943. The van der Waals surface area contributed by atoms with Crippen LogP contribution in [0.25, 0.3) is 0 Å². The molecule has 1 aromatic heterocycles. The van der Waals surface area contributed by atoms with Crippen LogP contribution >= 0.6 is 11.3 Å². The summed E-state index contributed by atoms with van der Waals surface area (Å²) >= 11 is 1.42. The topological polar surface area (TPSA) is 66.5 Å². The minimum Gasteiger partial charge on any atom is -0.340 e. The van der Waals surface area contributed by atoms with Gasteiger partial charge in [-0.25, -0.2) is 17.2 Å². The van der Waals surface area contributed by atoms with E-state index in [1.54, 1.807) is 12.1 Å². The van der Waals surface area contributed by atoms with E-state index in [1.807, 2.05) is 17.5 Å². The molecule has 1 amide bonds. The first kappa shape index (κ1) is 21.6. The van der Waals surface area contributed by atoms with E-state index in [0.717, 1.165) is 29.9 Å². The number of hydrogen-bond donors (Lipinski definition) is 1. The van der Waals surface area contributed by atoms with E-state index in [1.165, 1.54) is 33.8 Å². The second kappa shape index (κ2) is 8.86. The molecule has 0 bridgehead atoms. The normalized spacial score (nSPS) is 15.7. The lowest BCUT2D eigenvalue weighted by Gasteiger charge is -2.19. The number of rotatable bonds is 6. The number of halogens is 2. The van der Waals surface area contributed by atoms with Gasteiger partial charge in [0.05, 0.1) is 6.04 Å². The zero-order valence-electron chi connectivity index (χ0n) is 16.4. The number of benzene rings is 2. The fourth-order valence-corrected chi connectivity index (χ4v) is 5.96. The number of nitrogens with one attached hydrogen (secondary N) is 1. The molecule has 3 aromatic rings. The highest BCUT2D eigenvalue weighted by atomic mass is 32.2.